The van der Waals surface area contributed by atoms with E-state index in [4.69, 9.17) is 4.74 Å². The summed E-state index contributed by atoms with van der Waals surface area (Å²) in [5.41, 5.74) is 1.21. The maximum absolute atomic E-state index is 5.78. The van der Waals surface area contributed by atoms with Gasteiger partial charge >= 0.3 is 0 Å². The molecular weight excluding hydrogens is 236 g/mol. The van der Waals surface area contributed by atoms with Gasteiger partial charge in [0.1, 0.15) is 0 Å². The lowest BCUT2D eigenvalue weighted by atomic mass is 9.90. The summed E-state index contributed by atoms with van der Waals surface area (Å²) in [6.45, 7) is 10.7. The lowest BCUT2D eigenvalue weighted by molar-refractivity contribution is 0.0459. The van der Waals surface area contributed by atoms with E-state index in [1.165, 1.54) is 18.5 Å². The Morgan fingerprint density at radius 3 is 2.68 bits per heavy atom. The van der Waals surface area contributed by atoms with E-state index in [1.807, 2.05) is 14.0 Å². The monoisotopic (exact) mass is 264 g/mol. The van der Waals surface area contributed by atoms with E-state index in [9.17, 15) is 0 Å². The van der Waals surface area contributed by atoms with Crippen LogP contribution in [0.2, 0.25) is 0 Å². The van der Waals surface area contributed by atoms with Crippen molar-refractivity contribution in [1.82, 2.24) is 5.32 Å². The molecule has 3 heteroatoms. The minimum Gasteiger partial charge on any atom is -0.392 e. The van der Waals surface area contributed by atoms with E-state index in [0.717, 1.165) is 12.5 Å². The Hall–Kier alpha value is -1.09. The highest BCUT2D eigenvalue weighted by Crippen LogP contribution is 2.41. The molecule has 1 rings (SSSR count). The molecule has 1 N–H and O–H groups in total. The van der Waals surface area contributed by atoms with Crippen LogP contribution in [0.1, 0.15) is 33.6 Å². The molecule has 2 unspecified atom stereocenters. The second-order valence-electron chi connectivity index (χ2n) is 5.20. The van der Waals surface area contributed by atoms with Crippen molar-refractivity contribution >= 4 is 6.21 Å². The van der Waals surface area contributed by atoms with Crippen molar-refractivity contribution in [2.75, 3.05) is 13.7 Å². The second kappa shape index (κ2) is 8.16. The lowest BCUT2D eigenvalue weighted by Crippen LogP contribution is -2.33. The summed E-state index contributed by atoms with van der Waals surface area (Å²) in [4.78, 5) is 4.67. The molecule has 0 aromatic heterocycles. The molecular formula is C16H28N2O. The number of hydrogen-bond acceptors (Lipinski definition) is 3. The fraction of sp³-hybridized carbons (Fsp3) is 0.688. The van der Waals surface area contributed by atoms with Crippen molar-refractivity contribution in [3.05, 3.63) is 24.4 Å². The third-order valence-electron chi connectivity index (χ3n) is 3.67. The van der Waals surface area contributed by atoms with Gasteiger partial charge in [-0.05, 0) is 39.5 Å². The van der Waals surface area contributed by atoms with Crippen molar-refractivity contribution in [3.63, 3.8) is 0 Å². The molecule has 1 aliphatic rings. The first-order valence-corrected chi connectivity index (χ1v) is 7.26. The number of rotatable bonds is 9. The summed E-state index contributed by atoms with van der Waals surface area (Å²) < 4.78 is 5.78. The van der Waals surface area contributed by atoms with Gasteiger partial charge in [0.2, 0.25) is 0 Å². The molecule has 0 amide bonds. The molecule has 0 heterocycles. The zero-order chi connectivity index (χ0) is 14.3. The molecule has 19 heavy (non-hydrogen) atoms. The highest BCUT2D eigenvalue weighted by molar-refractivity contribution is 5.70. The van der Waals surface area contributed by atoms with Gasteiger partial charge < -0.3 is 10.1 Å². The molecule has 0 aromatic carbocycles. The zero-order valence-corrected chi connectivity index (χ0v) is 12.7. The summed E-state index contributed by atoms with van der Waals surface area (Å²) >= 11 is 0. The topological polar surface area (TPSA) is 33.6 Å². The van der Waals surface area contributed by atoms with Crippen molar-refractivity contribution in [3.8, 4) is 0 Å². The van der Waals surface area contributed by atoms with Crippen LogP contribution < -0.4 is 5.32 Å². The first kappa shape index (κ1) is 16.0. The second-order valence-corrected chi connectivity index (χ2v) is 5.20. The van der Waals surface area contributed by atoms with Crippen LogP contribution in [0.25, 0.3) is 0 Å². The number of hydrogen-bond donors (Lipinski definition) is 1. The minimum atomic E-state index is 0.132. The molecule has 0 aromatic rings. The molecule has 108 valence electrons. The van der Waals surface area contributed by atoms with Gasteiger partial charge in [-0.25, -0.2) is 0 Å². The van der Waals surface area contributed by atoms with Crippen molar-refractivity contribution < 1.29 is 4.74 Å². The average Bonchev–Trinajstić information content (AvgIpc) is 3.22. The van der Waals surface area contributed by atoms with Crippen LogP contribution >= 0.6 is 0 Å². The number of aliphatic imine (C=N–C) groups is 1. The van der Waals surface area contributed by atoms with E-state index < -0.39 is 0 Å². The minimum absolute atomic E-state index is 0.132. The molecule has 0 bridgehead atoms. The fourth-order valence-corrected chi connectivity index (χ4v) is 2.42. The van der Waals surface area contributed by atoms with E-state index in [-0.39, 0.29) is 12.1 Å². The third-order valence-corrected chi connectivity index (χ3v) is 3.67. The molecule has 1 aliphatic carbocycles. The van der Waals surface area contributed by atoms with Crippen LogP contribution in [-0.2, 0) is 4.74 Å². The predicted octanol–water partition coefficient (Wildman–Crippen LogP) is 3.19. The lowest BCUT2D eigenvalue weighted by Gasteiger charge is -2.27. The van der Waals surface area contributed by atoms with E-state index >= 15 is 0 Å². The molecule has 3 atom stereocenters. The molecule has 1 saturated carbocycles. The molecule has 0 saturated heterocycles. The smallest absolute Gasteiger partial charge is 0.0824 e. The normalized spacial score (nSPS) is 21.2. The molecule has 1 fully saturated rings. The Labute approximate surface area is 117 Å². The molecule has 0 radical (unpaired) electrons. The highest BCUT2D eigenvalue weighted by Gasteiger charge is 2.37. The van der Waals surface area contributed by atoms with Gasteiger partial charge in [0, 0.05) is 31.5 Å². The van der Waals surface area contributed by atoms with Gasteiger partial charge in [0.25, 0.3) is 0 Å². The number of nitrogens with zero attached hydrogens (tertiary/aromatic N) is 1. The quantitative estimate of drug-likeness (QED) is 0.649. The summed E-state index contributed by atoms with van der Waals surface area (Å²) in [5, 5.41) is 3.21. The van der Waals surface area contributed by atoms with Crippen LogP contribution in [0.4, 0.5) is 0 Å². The fourth-order valence-electron chi connectivity index (χ4n) is 2.42. The summed E-state index contributed by atoms with van der Waals surface area (Å²) in [6.07, 6.45) is 8.60. The van der Waals surface area contributed by atoms with Gasteiger partial charge in [0.05, 0.1) is 12.1 Å². The van der Waals surface area contributed by atoms with Crippen LogP contribution in [0.3, 0.4) is 0 Å². The van der Waals surface area contributed by atoms with Crippen molar-refractivity contribution in [2.24, 2.45) is 16.8 Å². The van der Waals surface area contributed by atoms with Gasteiger partial charge in [0.15, 0.2) is 0 Å². The SMILES string of the molecule is C=C/C=N/C(C(C)OCC)[C@@H](/C=C(\C)NC)C1CC1. The van der Waals surface area contributed by atoms with E-state index in [2.05, 4.69) is 36.8 Å². The van der Waals surface area contributed by atoms with Crippen LogP contribution in [0, 0.1) is 11.8 Å². The van der Waals surface area contributed by atoms with Gasteiger partial charge in [-0.15, -0.1) is 0 Å². The van der Waals surface area contributed by atoms with Crippen molar-refractivity contribution in [1.29, 1.82) is 0 Å². The van der Waals surface area contributed by atoms with Gasteiger partial charge in [-0.3, -0.25) is 4.99 Å². The Kier molecular flexibility index (Phi) is 6.85. The summed E-state index contributed by atoms with van der Waals surface area (Å²) in [7, 11) is 1.96. The maximum Gasteiger partial charge on any atom is 0.0824 e. The van der Waals surface area contributed by atoms with Gasteiger partial charge in [-0.2, -0.15) is 0 Å². The highest BCUT2D eigenvalue weighted by atomic mass is 16.5. The Morgan fingerprint density at radius 2 is 2.21 bits per heavy atom. The van der Waals surface area contributed by atoms with Crippen LogP contribution in [0.5, 0.6) is 0 Å². The number of ether oxygens (including phenoxy) is 1. The summed E-state index contributed by atoms with van der Waals surface area (Å²) in [6, 6.07) is 0.175. The molecule has 0 spiro atoms. The summed E-state index contributed by atoms with van der Waals surface area (Å²) in [5.74, 6) is 1.20. The number of allylic oxidation sites excluding steroid dienone is 2. The third kappa shape index (κ3) is 5.19. The standard InChI is InChI=1S/C16H28N2O/c1-6-10-18-16(13(4)19-7-2)15(14-8-9-14)11-12(3)17-5/h6,10-11,13-17H,1,7-9H2,2-5H3/b12-11+,18-10+/t13?,15-,16?/m0/s1. The largest absolute Gasteiger partial charge is 0.392 e. The van der Waals surface area contributed by atoms with E-state index in [0.29, 0.717) is 5.92 Å². The average molecular weight is 264 g/mol. The first-order chi connectivity index (χ1) is 9.13. The van der Waals surface area contributed by atoms with E-state index in [1.54, 1.807) is 12.3 Å². The molecule has 0 aliphatic heterocycles. The maximum atomic E-state index is 5.78. The molecule has 3 nitrogen and oxygen atoms in total. The van der Waals surface area contributed by atoms with Crippen molar-refractivity contribution in [2.45, 2.75) is 45.8 Å². The first-order valence-electron chi connectivity index (χ1n) is 7.26. The Morgan fingerprint density at radius 1 is 1.53 bits per heavy atom. The predicted molar refractivity (Wildman–Crippen MR) is 82.6 cm³/mol. The van der Waals surface area contributed by atoms with Crippen LogP contribution in [0.15, 0.2) is 29.4 Å². The van der Waals surface area contributed by atoms with Gasteiger partial charge in [-0.1, -0.05) is 18.7 Å². The Bertz CT molecular complexity index is 332. The Balaban J connectivity index is 2.89. The van der Waals surface area contributed by atoms with Crippen LogP contribution in [-0.4, -0.2) is 32.0 Å². The number of nitrogens with one attached hydrogen (secondary N) is 1. The zero-order valence-electron chi connectivity index (χ0n) is 12.7.